The Hall–Kier alpha value is -0.610. The van der Waals surface area contributed by atoms with Gasteiger partial charge in [0.1, 0.15) is 0 Å². The van der Waals surface area contributed by atoms with E-state index in [1.165, 1.54) is 12.8 Å². The van der Waals surface area contributed by atoms with Gasteiger partial charge in [-0.1, -0.05) is 31.0 Å². The van der Waals surface area contributed by atoms with Crippen LogP contribution in [0.3, 0.4) is 0 Å². The highest BCUT2D eigenvalue weighted by Gasteiger charge is 2.23. The number of rotatable bonds is 2. The van der Waals surface area contributed by atoms with Gasteiger partial charge < -0.3 is 5.11 Å². The van der Waals surface area contributed by atoms with E-state index in [1.807, 2.05) is 6.07 Å². The van der Waals surface area contributed by atoms with Crippen LogP contribution in [0.4, 0.5) is 0 Å². The molecule has 15 heavy (non-hydrogen) atoms. The molecule has 0 bridgehead atoms. The van der Waals surface area contributed by atoms with Gasteiger partial charge in [-0.25, -0.2) is 9.97 Å². The molecule has 1 aliphatic rings. The van der Waals surface area contributed by atoms with Gasteiger partial charge >= 0.3 is 0 Å². The van der Waals surface area contributed by atoms with Gasteiger partial charge in [-0.2, -0.15) is 0 Å². The van der Waals surface area contributed by atoms with Gasteiger partial charge in [0.15, 0.2) is 5.16 Å². The Labute approximate surface area is 94.3 Å². The molecular formula is C11H16N2OS. The fraction of sp³-hybridized carbons (Fsp3) is 0.636. The highest BCUT2D eigenvalue weighted by Crippen LogP contribution is 2.30. The number of aliphatic hydroxyl groups excluding tert-OH is 1. The van der Waals surface area contributed by atoms with E-state index in [2.05, 4.69) is 9.97 Å². The van der Waals surface area contributed by atoms with Crippen molar-refractivity contribution in [2.75, 3.05) is 0 Å². The number of aromatic nitrogens is 2. The molecule has 1 aromatic rings. The molecule has 0 aliphatic heterocycles. The molecule has 0 aromatic carbocycles. The zero-order valence-electron chi connectivity index (χ0n) is 8.67. The van der Waals surface area contributed by atoms with Crippen molar-refractivity contribution in [1.82, 2.24) is 9.97 Å². The van der Waals surface area contributed by atoms with E-state index in [0.717, 1.165) is 24.4 Å². The smallest absolute Gasteiger partial charge is 0.187 e. The van der Waals surface area contributed by atoms with Crippen molar-refractivity contribution in [3.8, 4) is 0 Å². The molecular weight excluding hydrogens is 208 g/mol. The zero-order valence-corrected chi connectivity index (χ0v) is 9.49. The van der Waals surface area contributed by atoms with Crippen LogP contribution in [0.15, 0.2) is 23.6 Å². The quantitative estimate of drug-likeness (QED) is 0.618. The number of aliphatic hydroxyl groups is 1. The van der Waals surface area contributed by atoms with Gasteiger partial charge in [0.25, 0.3) is 0 Å². The lowest BCUT2D eigenvalue weighted by molar-refractivity contribution is 0.163. The second kappa shape index (κ2) is 5.47. The summed E-state index contributed by atoms with van der Waals surface area (Å²) >= 11 is 1.61. The average molecular weight is 224 g/mol. The Morgan fingerprint density at radius 3 is 2.67 bits per heavy atom. The van der Waals surface area contributed by atoms with E-state index in [0.29, 0.717) is 0 Å². The third kappa shape index (κ3) is 3.18. The van der Waals surface area contributed by atoms with Crippen molar-refractivity contribution in [3.05, 3.63) is 18.5 Å². The first-order valence-corrected chi connectivity index (χ1v) is 6.36. The molecule has 1 aromatic heterocycles. The van der Waals surface area contributed by atoms with Crippen molar-refractivity contribution in [3.63, 3.8) is 0 Å². The molecule has 0 radical (unpaired) electrons. The lowest BCUT2D eigenvalue weighted by Crippen LogP contribution is -2.21. The Balaban J connectivity index is 1.97. The Morgan fingerprint density at radius 2 is 1.87 bits per heavy atom. The van der Waals surface area contributed by atoms with E-state index in [4.69, 9.17) is 0 Å². The Kier molecular flexibility index (Phi) is 3.97. The Bertz CT molecular complexity index is 294. The van der Waals surface area contributed by atoms with Gasteiger partial charge in [0.05, 0.1) is 6.10 Å². The minimum Gasteiger partial charge on any atom is -0.392 e. The van der Waals surface area contributed by atoms with Crippen LogP contribution >= 0.6 is 11.8 Å². The zero-order chi connectivity index (χ0) is 10.5. The normalized spacial score (nSPS) is 27.3. The number of hydrogen-bond acceptors (Lipinski definition) is 4. The Morgan fingerprint density at radius 1 is 1.13 bits per heavy atom. The van der Waals surface area contributed by atoms with Gasteiger partial charge in [0, 0.05) is 17.6 Å². The van der Waals surface area contributed by atoms with Gasteiger partial charge in [-0.15, -0.1) is 0 Å². The predicted octanol–water partition coefficient (Wildman–Crippen LogP) is 2.26. The summed E-state index contributed by atoms with van der Waals surface area (Å²) in [6, 6.07) is 1.81. The molecule has 0 amide bonds. The molecule has 0 saturated heterocycles. The van der Waals surface area contributed by atoms with Crippen LogP contribution in [0.5, 0.6) is 0 Å². The molecule has 1 N–H and O–H groups in total. The third-order valence-corrected chi connectivity index (χ3v) is 3.99. The van der Waals surface area contributed by atoms with Crippen molar-refractivity contribution in [1.29, 1.82) is 0 Å². The van der Waals surface area contributed by atoms with Crippen LogP contribution in [-0.2, 0) is 0 Å². The summed E-state index contributed by atoms with van der Waals surface area (Å²) in [4.78, 5) is 8.36. The van der Waals surface area contributed by atoms with Crippen molar-refractivity contribution in [2.24, 2.45) is 0 Å². The lowest BCUT2D eigenvalue weighted by atomic mass is 10.1. The molecule has 2 atom stereocenters. The molecule has 3 nitrogen and oxygen atoms in total. The summed E-state index contributed by atoms with van der Waals surface area (Å²) in [6.07, 6.45) is 8.89. The van der Waals surface area contributed by atoms with Crippen LogP contribution in [0.1, 0.15) is 32.1 Å². The van der Waals surface area contributed by atoms with Crippen molar-refractivity contribution < 1.29 is 5.11 Å². The maximum absolute atomic E-state index is 9.93. The number of thioether (sulfide) groups is 1. The second-order valence-corrected chi connectivity index (χ2v) is 5.10. The molecule has 2 rings (SSSR count). The van der Waals surface area contributed by atoms with Crippen molar-refractivity contribution >= 4 is 11.8 Å². The minimum absolute atomic E-state index is 0.193. The van der Waals surface area contributed by atoms with E-state index in [9.17, 15) is 5.11 Å². The molecule has 82 valence electrons. The van der Waals surface area contributed by atoms with Crippen LogP contribution < -0.4 is 0 Å². The predicted molar refractivity (Wildman–Crippen MR) is 60.8 cm³/mol. The van der Waals surface area contributed by atoms with Crippen molar-refractivity contribution in [2.45, 2.75) is 48.6 Å². The molecule has 4 heteroatoms. The fourth-order valence-corrected chi connectivity index (χ4v) is 2.97. The average Bonchev–Trinajstić information content (AvgIpc) is 2.46. The molecule has 1 saturated carbocycles. The fourth-order valence-electron chi connectivity index (χ4n) is 1.87. The van der Waals surface area contributed by atoms with Gasteiger partial charge in [0.2, 0.25) is 0 Å². The van der Waals surface area contributed by atoms with E-state index >= 15 is 0 Å². The maximum Gasteiger partial charge on any atom is 0.187 e. The molecule has 2 unspecified atom stereocenters. The summed E-state index contributed by atoms with van der Waals surface area (Å²) in [6.45, 7) is 0. The minimum atomic E-state index is -0.193. The highest BCUT2D eigenvalue weighted by molar-refractivity contribution is 7.99. The number of nitrogens with zero attached hydrogens (tertiary/aromatic N) is 2. The van der Waals surface area contributed by atoms with Crippen LogP contribution in [0.25, 0.3) is 0 Å². The summed E-state index contributed by atoms with van der Waals surface area (Å²) in [5, 5.41) is 11.0. The molecule has 1 fully saturated rings. The maximum atomic E-state index is 9.93. The van der Waals surface area contributed by atoms with E-state index < -0.39 is 0 Å². The highest BCUT2D eigenvalue weighted by atomic mass is 32.2. The van der Waals surface area contributed by atoms with Crippen LogP contribution in [0, 0.1) is 0 Å². The first-order chi connectivity index (χ1) is 7.36. The third-order valence-electron chi connectivity index (χ3n) is 2.72. The molecule has 1 heterocycles. The van der Waals surface area contributed by atoms with E-state index in [1.54, 1.807) is 24.2 Å². The van der Waals surface area contributed by atoms with Gasteiger partial charge in [-0.05, 0) is 18.9 Å². The SMILES string of the molecule is OC1CCCCCC1Sc1ncccn1. The summed E-state index contributed by atoms with van der Waals surface area (Å²) in [7, 11) is 0. The van der Waals surface area contributed by atoms with Crippen LogP contribution in [-0.4, -0.2) is 26.4 Å². The lowest BCUT2D eigenvalue weighted by Gasteiger charge is -2.18. The standard InChI is InChI=1S/C11H16N2OS/c14-9-5-2-1-3-6-10(9)15-11-12-7-4-8-13-11/h4,7-10,14H,1-3,5-6H2. The van der Waals surface area contributed by atoms with Crippen LogP contribution in [0.2, 0.25) is 0 Å². The monoisotopic (exact) mass is 224 g/mol. The number of hydrogen-bond donors (Lipinski definition) is 1. The first kappa shape index (κ1) is 10.9. The summed E-state index contributed by atoms with van der Waals surface area (Å²) < 4.78 is 0. The molecule has 0 spiro atoms. The first-order valence-electron chi connectivity index (χ1n) is 5.48. The summed E-state index contributed by atoms with van der Waals surface area (Å²) in [5.74, 6) is 0. The second-order valence-electron chi connectivity index (χ2n) is 3.89. The van der Waals surface area contributed by atoms with E-state index in [-0.39, 0.29) is 11.4 Å². The topological polar surface area (TPSA) is 46.0 Å². The van der Waals surface area contributed by atoms with Gasteiger partial charge in [-0.3, -0.25) is 0 Å². The molecule has 1 aliphatic carbocycles. The largest absolute Gasteiger partial charge is 0.392 e. The summed E-state index contributed by atoms with van der Waals surface area (Å²) in [5.41, 5.74) is 0.